The number of likely N-dealkylation sites (tertiary alicyclic amines) is 1. The molecule has 1 atom stereocenters. The van der Waals surface area contributed by atoms with Gasteiger partial charge in [-0.05, 0) is 36.4 Å². The summed E-state index contributed by atoms with van der Waals surface area (Å²) in [5.41, 5.74) is 1.09. The maximum Gasteiger partial charge on any atom is 0.234 e. The van der Waals surface area contributed by atoms with Crippen molar-refractivity contribution in [2.45, 2.75) is 19.4 Å². The van der Waals surface area contributed by atoms with Gasteiger partial charge in [0.2, 0.25) is 5.91 Å². The Labute approximate surface area is 146 Å². The molecule has 24 heavy (non-hydrogen) atoms. The van der Waals surface area contributed by atoms with Crippen LogP contribution in [0.15, 0.2) is 47.8 Å². The number of carbonyl (C=O) groups is 2. The van der Waals surface area contributed by atoms with Gasteiger partial charge >= 0.3 is 0 Å². The molecule has 0 radical (unpaired) electrons. The summed E-state index contributed by atoms with van der Waals surface area (Å²) in [7, 11) is 0. The van der Waals surface area contributed by atoms with E-state index in [0.29, 0.717) is 19.6 Å². The average molecular weight is 342 g/mol. The summed E-state index contributed by atoms with van der Waals surface area (Å²) in [6.07, 6.45) is 1.88. The zero-order valence-electron chi connectivity index (χ0n) is 13.6. The standard InChI is InChI=1S/C19H22N2O2S/c22-18(20-12-15-6-2-1-3-7-15)14-21-10-4-8-16(13-21)19(23)17-9-5-11-24-17/h1-3,5-7,9,11,16H,4,8,10,12-14H2,(H,20,22). The first-order valence-corrected chi connectivity index (χ1v) is 9.21. The van der Waals surface area contributed by atoms with Crippen molar-refractivity contribution in [3.8, 4) is 0 Å². The molecule has 1 fully saturated rings. The maximum atomic E-state index is 12.5. The number of Topliss-reactive ketones (excluding diaryl/α,β-unsaturated/α-hetero) is 1. The van der Waals surface area contributed by atoms with Gasteiger partial charge in [0.05, 0.1) is 11.4 Å². The first kappa shape index (κ1) is 16.9. The van der Waals surface area contributed by atoms with E-state index in [1.54, 1.807) is 0 Å². The number of thiophene rings is 1. The van der Waals surface area contributed by atoms with Gasteiger partial charge in [0, 0.05) is 19.0 Å². The van der Waals surface area contributed by atoms with Crippen molar-refractivity contribution in [1.82, 2.24) is 10.2 Å². The molecule has 1 N–H and O–H groups in total. The highest BCUT2D eigenvalue weighted by molar-refractivity contribution is 7.12. The van der Waals surface area contributed by atoms with Gasteiger partial charge in [-0.3, -0.25) is 14.5 Å². The van der Waals surface area contributed by atoms with E-state index in [-0.39, 0.29) is 17.6 Å². The number of ketones is 1. The molecular formula is C19H22N2O2S. The van der Waals surface area contributed by atoms with Crippen LogP contribution >= 0.6 is 11.3 Å². The van der Waals surface area contributed by atoms with Crippen LogP contribution in [0.3, 0.4) is 0 Å². The van der Waals surface area contributed by atoms with Crippen molar-refractivity contribution in [3.63, 3.8) is 0 Å². The summed E-state index contributed by atoms with van der Waals surface area (Å²) in [5, 5.41) is 4.89. The molecule has 1 saturated heterocycles. The van der Waals surface area contributed by atoms with Gasteiger partial charge in [-0.25, -0.2) is 0 Å². The van der Waals surface area contributed by atoms with Gasteiger partial charge in [-0.15, -0.1) is 11.3 Å². The first-order valence-electron chi connectivity index (χ1n) is 8.33. The Morgan fingerprint density at radius 1 is 1.17 bits per heavy atom. The number of carbonyl (C=O) groups excluding carboxylic acids is 2. The van der Waals surface area contributed by atoms with Gasteiger partial charge in [0.15, 0.2) is 5.78 Å². The normalized spacial score (nSPS) is 18.2. The Kier molecular flexibility index (Phi) is 5.77. The van der Waals surface area contributed by atoms with Crippen molar-refractivity contribution in [2.75, 3.05) is 19.6 Å². The lowest BCUT2D eigenvalue weighted by Gasteiger charge is -2.31. The average Bonchev–Trinajstić information content (AvgIpc) is 3.15. The minimum Gasteiger partial charge on any atom is -0.351 e. The monoisotopic (exact) mass is 342 g/mol. The molecule has 3 rings (SSSR count). The van der Waals surface area contributed by atoms with E-state index < -0.39 is 0 Å². The molecule has 1 aromatic heterocycles. The fourth-order valence-corrected chi connectivity index (χ4v) is 3.83. The number of nitrogens with one attached hydrogen (secondary N) is 1. The smallest absolute Gasteiger partial charge is 0.234 e. The third-order valence-corrected chi connectivity index (χ3v) is 5.22. The number of benzene rings is 1. The van der Waals surface area contributed by atoms with E-state index in [1.165, 1.54) is 11.3 Å². The topological polar surface area (TPSA) is 49.4 Å². The largest absolute Gasteiger partial charge is 0.351 e. The lowest BCUT2D eigenvalue weighted by atomic mass is 9.93. The first-order chi connectivity index (χ1) is 11.7. The fourth-order valence-electron chi connectivity index (χ4n) is 3.09. The number of piperidine rings is 1. The summed E-state index contributed by atoms with van der Waals surface area (Å²) in [6, 6.07) is 13.7. The van der Waals surface area contributed by atoms with Gasteiger partial charge < -0.3 is 5.32 Å². The zero-order valence-corrected chi connectivity index (χ0v) is 14.4. The summed E-state index contributed by atoms with van der Waals surface area (Å²) in [6.45, 7) is 2.47. The minimum absolute atomic E-state index is 0.0133. The highest BCUT2D eigenvalue weighted by atomic mass is 32.1. The lowest BCUT2D eigenvalue weighted by Crippen LogP contribution is -2.44. The van der Waals surface area contributed by atoms with Crippen molar-refractivity contribution in [1.29, 1.82) is 0 Å². The van der Waals surface area contributed by atoms with Crippen molar-refractivity contribution < 1.29 is 9.59 Å². The molecule has 126 valence electrons. The number of amides is 1. The molecule has 1 aromatic carbocycles. The summed E-state index contributed by atoms with van der Waals surface area (Å²) in [5.74, 6) is 0.252. The quantitative estimate of drug-likeness (QED) is 0.821. The van der Waals surface area contributed by atoms with Crippen LogP contribution in [0.2, 0.25) is 0 Å². The Bertz CT molecular complexity index is 670. The van der Waals surface area contributed by atoms with Crippen molar-refractivity contribution in [3.05, 3.63) is 58.3 Å². The third kappa shape index (κ3) is 4.52. The molecule has 1 unspecified atom stereocenters. The van der Waals surface area contributed by atoms with Crippen LogP contribution in [0.4, 0.5) is 0 Å². The predicted molar refractivity (Wildman–Crippen MR) is 96.1 cm³/mol. The molecule has 2 heterocycles. The van der Waals surface area contributed by atoms with E-state index in [1.807, 2.05) is 47.8 Å². The highest BCUT2D eigenvalue weighted by Crippen LogP contribution is 2.23. The second kappa shape index (κ2) is 8.22. The molecule has 0 aliphatic carbocycles. The number of nitrogens with zero attached hydrogens (tertiary/aromatic N) is 1. The van der Waals surface area contributed by atoms with Crippen LogP contribution in [0.5, 0.6) is 0 Å². The van der Waals surface area contributed by atoms with E-state index in [2.05, 4.69) is 10.2 Å². The zero-order chi connectivity index (χ0) is 16.8. The highest BCUT2D eigenvalue weighted by Gasteiger charge is 2.27. The minimum atomic E-state index is 0.0133. The fraction of sp³-hybridized carbons (Fsp3) is 0.368. The van der Waals surface area contributed by atoms with E-state index >= 15 is 0 Å². The molecule has 2 aromatic rings. The number of rotatable bonds is 6. The third-order valence-electron chi connectivity index (χ3n) is 4.34. The van der Waals surface area contributed by atoms with Gasteiger partial charge in [0.25, 0.3) is 0 Å². The molecule has 1 aliphatic heterocycles. The Morgan fingerprint density at radius 2 is 2.00 bits per heavy atom. The van der Waals surface area contributed by atoms with E-state index in [9.17, 15) is 9.59 Å². The molecular weight excluding hydrogens is 320 g/mol. The van der Waals surface area contributed by atoms with Crippen molar-refractivity contribution in [2.24, 2.45) is 5.92 Å². The van der Waals surface area contributed by atoms with Gasteiger partial charge in [-0.1, -0.05) is 36.4 Å². The summed E-state index contributed by atoms with van der Waals surface area (Å²) >= 11 is 1.50. The predicted octanol–water partition coefficient (Wildman–Crippen LogP) is 2.96. The Hall–Kier alpha value is -1.98. The molecule has 1 aliphatic rings. The number of hydrogen-bond acceptors (Lipinski definition) is 4. The summed E-state index contributed by atoms with van der Waals surface area (Å²) in [4.78, 5) is 27.6. The second-order valence-corrected chi connectivity index (χ2v) is 7.13. The molecule has 5 heteroatoms. The second-order valence-electron chi connectivity index (χ2n) is 6.18. The van der Waals surface area contributed by atoms with Crippen LogP contribution in [0.25, 0.3) is 0 Å². The number of hydrogen-bond donors (Lipinski definition) is 1. The van der Waals surface area contributed by atoms with Gasteiger partial charge in [0.1, 0.15) is 0 Å². The Morgan fingerprint density at radius 3 is 2.75 bits per heavy atom. The molecule has 0 bridgehead atoms. The van der Waals surface area contributed by atoms with E-state index in [4.69, 9.17) is 0 Å². The Balaban J connectivity index is 1.48. The lowest BCUT2D eigenvalue weighted by molar-refractivity contribution is -0.122. The molecule has 0 spiro atoms. The molecule has 0 saturated carbocycles. The van der Waals surface area contributed by atoms with Crippen LogP contribution in [0, 0.1) is 5.92 Å². The van der Waals surface area contributed by atoms with Crippen LogP contribution in [-0.4, -0.2) is 36.2 Å². The van der Waals surface area contributed by atoms with Crippen molar-refractivity contribution >= 4 is 23.0 Å². The SMILES string of the molecule is O=C(CN1CCCC(C(=O)c2cccs2)C1)NCc1ccccc1. The van der Waals surface area contributed by atoms with Crippen LogP contribution < -0.4 is 5.32 Å². The summed E-state index contributed by atoms with van der Waals surface area (Å²) < 4.78 is 0. The van der Waals surface area contributed by atoms with E-state index in [0.717, 1.165) is 29.8 Å². The van der Waals surface area contributed by atoms with Crippen LogP contribution in [-0.2, 0) is 11.3 Å². The van der Waals surface area contributed by atoms with Gasteiger partial charge in [-0.2, -0.15) is 0 Å². The maximum absolute atomic E-state index is 12.5. The molecule has 1 amide bonds. The van der Waals surface area contributed by atoms with Crippen LogP contribution in [0.1, 0.15) is 28.1 Å². The molecule has 4 nitrogen and oxygen atoms in total.